The van der Waals surface area contributed by atoms with Gasteiger partial charge in [-0.2, -0.15) is 8.42 Å². The predicted octanol–water partition coefficient (Wildman–Crippen LogP) is 2.42. The predicted molar refractivity (Wildman–Crippen MR) is 95.5 cm³/mol. The number of hydrogen-bond acceptors (Lipinski definition) is 4. The van der Waals surface area contributed by atoms with E-state index in [0.717, 1.165) is 0 Å². The van der Waals surface area contributed by atoms with E-state index in [2.05, 4.69) is 0 Å². The summed E-state index contributed by atoms with van der Waals surface area (Å²) in [5, 5.41) is 19.0. The summed E-state index contributed by atoms with van der Waals surface area (Å²) in [6.45, 7) is 1.93. The molecule has 2 rings (SSSR count). The van der Waals surface area contributed by atoms with E-state index in [-0.39, 0.29) is 41.1 Å². The molecule has 0 aliphatic heterocycles. The maximum absolute atomic E-state index is 11.7. The van der Waals surface area contributed by atoms with E-state index in [1.165, 1.54) is 24.3 Å². The molecule has 7 heteroatoms. The van der Waals surface area contributed by atoms with Crippen LogP contribution in [0.3, 0.4) is 0 Å². The molecule has 0 aliphatic carbocycles. The number of hydrogen-bond donors (Lipinski definition) is 3. The molecule has 0 unspecified atom stereocenters. The zero-order valence-corrected chi connectivity index (χ0v) is 13.6. The van der Waals surface area contributed by atoms with E-state index >= 15 is 0 Å². The zero-order valence-electron chi connectivity index (χ0n) is 12.8. The molecule has 0 aliphatic rings. The zero-order chi connectivity index (χ0) is 17.1. The van der Waals surface area contributed by atoms with Gasteiger partial charge < -0.3 is 10.2 Å². The fourth-order valence-corrected chi connectivity index (χ4v) is 4.09. The summed E-state index contributed by atoms with van der Waals surface area (Å²) < 4.78 is 32.8. The quantitative estimate of drug-likeness (QED) is 0.543. The van der Waals surface area contributed by atoms with Crippen LogP contribution in [0.4, 0.5) is 0 Å². The van der Waals surface area contributed by atoms with Crippen molar-refractivity contribution in [2.75, 3.05) is 5.75 Å². The second-order valence-electron chi connectivity index (χ2n) is 5.65. The summed E-state index contributed by atoms with van der Waals surface area (Å²) in [7, 11) is -4.25. The van der Waals surface area contributed by atoms with Crippen LogP contribution in [0, 0.1) is 0 Å². The van der Waals surface area contributed by atoms with E-state index in [1.54, 1.807) is 24.3 Å². The molecule has 0 aromatic heterocycles. The molecule has 0 amide bonds. The van der Waals surface area contributed by atoms with Gasteiger partial charge in [0.05, 0.1) is 5.75 Å². The summed E-state index contributed by atoms with van der Waals surface area (Å²) in [6.07, 6.45) is 1.18. The third kappa shape index (κ3) is 4.97. The van der Waals surface area contributed by atoms with Crippen LogP contribution in [-0.4, -0.2) is 58.5 Å². The molecule has 0 spiro atoms. The van der Waals surface area contributed by atoms with Crippen LogP contribution >= 0.6 is 0 Å². The Morgan fingerprint density at radius 1 is 0.875 bits per heavy atom. The van der Waals surface area contributed by atoms with Gasteiger partial charge in [-0.25, -0.2) is 0 Å². The SMILES string of the molecule is CCCC(CS(=O)(=O)O)(c1ccc(O)cc1)c1ccc(O)cc1.[NaH]. The minimum absolute atomic E-state index is 0. The molecule has 0 fully saturated rings. The molecule has 0 saturated carbocycles. The number of aromatic hydroxyl groups is 2. The third-order valence-corrected chi connectivity index (χ3v) is 4.80. The van der Waals surface area contributed by atoms with E-state index in [9.17, 15) is 23.2 Å². The Bertz CT molecular complexity index is 709. The van der Waals surface area contributed by atoms with Gasteiger partial charge >= 0.3 is 29.6 Å². The van der Waals surface area contributed by atoms with E-state index in [0.29, 0.717) is 24.0 Å². The molecule has 0 atom stereocenters. The number of phenolic OH excluding ortho intramolecular Hbond substituents is 2. The van der Waals surface area contributed by atoms with E-state index < -0.39 is 21.3 Å². The van der Waals surface area contributed by atoms with Crippen LogP contribution in [0.2, 0.25) is 0 Å². The standard InChI is InChI=1S/C17H20O5S.Na.H/c1-2-11-17(12-23(20,21)22,13-3-7-15(18)8-4-13)14-5-9-16(19)10-6-14;;/h3-10,18-19H,2,11-12H2,1H3,(H,20,21,22);;. The molecule has 126 valence electrons. The first-order valence-electron chi connectivity index (χ1n) is 7.31. The molecule has 0 radical (unpaired) electrons. The Kier molecular flexibility index (Phi) is 7.31. The van der Waals surface area contributed by atoms with Crippen LogP contribution in [-0.2, 0) is 15.5 Å². The average molecular weight is 360 g/mol. The molecule has 5 nitrogen and oxygen atoms in total. The van der Waals surface area contributed by atoms with E-state index in [1.807, 2.05) is 6.92 Å². The fourth-order valence-electron chi connectivity index (χ4n) is 2.99. The molecule has 0 heterocycles. The molecular weight excluding hydrogens is 339 g/mol. The van der Waals surface area contributed by atoms with Crippen molar-refractivity contribution in [3.8, 4) is 11.5 Å². The summed E-state index contributed by atoms with van der Waals surface area (Å²) in [6, 6.07) is 12.6. The van der Waals surface area contributed by atoms with Crippen molar-refractivity contribution < 1.29 is 23.2 Å². The Balaban J connectivity index is 0.00000288. The molecule has 0 saturated heterocycles. The van der Waals surface area contributed by atoms with Gasteiger partial charge in [-0.1, -0.05) is 37.6 Å². The summed E-state index contributed by atoms with van der Waals surface area (Å²) in [4.78, 5) is 0. The number of phenols is 2. The Labute approximate surface area is 164 Å². The van der Waals surface area contributed by atoms with Crippen LogP contribution in [0.5, 0.6) is 11.5 Å². The molecule has 2 aromatic carbocycles. The molecule has 24 heavy (non-hydrogen) atoms. The summed E-state index contributed by atoms with van der Waals surface area (Å²) in [5.41, 5.74) is 0.407. The van der Waals surface area contributed by atoms with Gasteiger partial charge in [0.1, 0.15) is 11.5 Å². The maximum atomic E-state index is 11.7. The van der Waals surface area contributed by atoms with Gasteiger partial charge in [-0.3, -0.25) is 4.55 Å². The first-order valence-corrected chi connectivity index (χ1v) is 8.92. The summed E-state index contributed by atoms with van der Waals surface area (Å²) >= 11 is 0. The normalized spacial score (nSPS) is 11.8. The Morgan fingerprint density at radius 3 is 1.54 bits per heavy atom. The van der Waals surface area contributed by atoms with Gasteiger partial charge in [0, 0.05) is 5.41 Å². The van der Waals surface area contributed by atoms with Crippen LogP contribution in [0.15, 0.2) is 48.5 Å². The fraction of sp³-hybridized carbons (Fsp3) is 0.294. The minimum atomic E-state index is -4.25. The van der Waals surface area contributed by atoms with Crippen molar-refractivity contribution in [1.29, 1.82) is 0 Å². The first-order chi connectivity index (χ1) is 10.8. The molecule has 2 aromatic rings. The van der Waals surface area contributed by atoms with E-state index in [4.69, 9.17) is 0 Å². The third-order valence-electron chi connectivity index (χ3n) is 3.95. The molecular formula is C17H21NaO5S. The first kappa shape index (κ1) is 21.0. The molecule has 3 N–H and O–H groups in total. The second kappa shape index (κ2) is 8.36. The van der Waals surface area contributed by atoms with Crippen molar-refractivity contribution in [1.82, 2.24) is 0 Å². The number of benzene rings is 2. The van der Waals surface area contributed by atoms with Gasteiger partial charge in [0.2, 0.25) is 0 Å². The van der Waals surface area contributed by atoms with Gasteiger partial charge in [-0.05, 0) is 41.8 Å². The Morgan fingerprint density at radius 2 is 1.25 bits per heavy atom. The Hall–Kier alpha value is -1.05. The van der Waals surface area contributed by atoms with Crippen LogP contribution in [0.25, 0.3) is 0 Å². The van der Waals surface area contributed by atoms with Crippen molar-refractivity contribution in [2.45, 2.75) is 25.2 Å². The monoisotopic (exact) mass is 360 g/mol. The topological polar surface area (TPSA) is 94.8 Å². The number of rotatable bonds is 6. The van der Waals surface area contributed by atoms with Crippen LogP contribution < -0.4 is 0 Å². The van der Waals surface area contributed by atoms with Gasteiger partial charge in [0.15, 0.2) is 0 Å². The second-order valence-corrected chi connectivity index (χ2v) is 7.10. The average Bonchev–Trinajstić information content (AvgIpc) is 2.46. The van der Waals surface area contributed by atoms with Crippen molar-refractivity contribution >= 4 is 39.7 Å². The molecule has 0 bridgehead atoms. The van der Waals surface area contributed by atoms with Gasteiger partial charge in [0.25, 0.3) is 10.1 Å². The van der Waals surface area contributed by atoms with Crippen molar-refractivity contribution in [3.63, 3.8) is 0 Å². The van der Waals surface area contributed by atoms with Gasteiger partial charge in [-0.15, -0.1) is 0 Å². The van der Waals surface area contributed by atoms with Crippen molar-refractivity contribution in [2.24, 2.45) is 0 Å². The van der Waals surface area contributed by atoms with Crippen LogP contribution in [0.1, 0.15) is 30.9 Å². The van der Waals surface area contributed by atoms with Crippen molar-refractivity contribution in [3.05, 3.63) is 59.7 Å². The summed E-state index contributed by atoms with van der Waals surface area (Å²) in [5.74, 6) is -0.308.